The molecule has 4 saturated carbocycles. The predicted molar refractivity (Wildman–Crippen MR) is 301 cm³/mol. The summed E-state index contributed by atoms with van der Waals surface area (Å²) in [5.74, 6) is 8.33. The van der Waals surface area contributed by atoms with Gasteiger partial charge in [-0.25, -0.2) is 9.59 Å². The largest absolute Gasteiger partial charge is 0.427 e. The lowest BCUT2D eigenvalue weighted by Crippen LogP contribution is -2.54. The number of nitrogens with zero attached hydrogens (tertiary/aromatic N) is 1. The Morgan fingerprint density at radius 3 is 2.49 bits per heavy atom. The average Bonchev–Trinajstić information content (AvgIpc) is 4.42. The third-order valence-electron chi connectivity index (χ3n) is 21.4. The molecule has 5 aliphatic heterocycles. The van der Waals surface area contributed by atoms with Crippen LogP contribution in [0.15, 0.2) is 81.7 Å². The number of dihydropyridines is 1. The SMILES string of the molecule is CCC1(/C=C2\OC(=O)C3=C2CC[C@H]2[C@@H]4CC[C@@]5(C6=C4[C@@H](CN4C(=O)C=CC4=O)C4=CCNC(=C4)NCSS[C@@H](NC[C@H](O)C4CCCCC4)[C@H]([C@@H]4CC[C@H]7C[C@@H](CO)C[C@@H](CO)C#CC[C@@H]4C7)C/C=C/5OC6=O)[C@@H]32)CCCC1. The van der Waals surface area contributed by atoms with Crippen LogP contribution in [-0.4, -0.2) is 94.2 Å². The van der Waals surface area contributed by atoms with Gasteiger partial charge < -0.3 is 40.7 Å². The van der Waals surface area contributed by atoms with E-state index in [0.29, 0.717) is 79.7 Å². The van der Waals surface area contributed by atoms with Crippen LogP contribution in [0, 0.1) is 87.8 Å². The van der Waals surface area contributed by atoms with Crippen LogP contribution in [0.1, 0.15) is 142 Å². The molecule has 0 radical (unpaired) electrons. The van der Waals surface area contributed by atoms with Gasteiger partial charge in [-0.15, -0.1) is 5.92 Å². The second-order valence-electron chi connectivity index (χ2n) is 25.4. The van der Waals surface area contributed by atoms with Gasteiger partial charge in [0.15, 0.2) is 0 Å². The summed E-state index contributed by atoms with van der Waals surface area (Å²) < 4.78 is 13.4. The quantitative estimate of drug-likeness (QED) is 0.0498. The molecule has 420 valence electrons. The lowest BCUT2D eigenvalue weighted by Gasteiger charge is -2.57. The summed E-state index contributed by atoms with van der Waals surface area (Å²) in [5, 5.41) is 44.0. The molecule has 13 aliphatic rings. The van der Waals surface area contributed by atoms with E-state index in [4.69, 9.17) is 9.47 Å². The number of esters is 2. The molecule has 9 bridgehead atoms. The van der Waals surface area contributed by atoms with E-state index in [0.717, 1.165) is 119 Å². The molecule has 5 heterocycles. The monoisotopic (exact) mass is 1100 g/mol. The number of rotatable bonds is 11. The molecule has 13 rings (SSSR count). The van der Waals surface area contributed by atoms with Crippen molar-refractivity contribution in [1.82, 2.24) is 20.9 Å². The van der Waals surface area contributed by atoms with E-state index in [1.54, 1.807) is 21.6 Å². The second-order valence-corrected chi connectivity index (χ2v) is 27.9. The fourth-order valence-electron chi connectivity index (χ4n) is 17.6. The van der Waals surface area contributed by atoms with Crippen molar-refractivity contribution in [3.8, 4) is 11.8 Å². The molecule has 8 aliphatic carbocycles. The van der Waals surface area contributed by atoms with Gasteiger partial charge in [0.2, 0.25) is 0 Å². The van der Waals surface area contributed by atoms with Crippen LogP contribution < -0.4 is 16.0 Å². The molecule has 15 heteroatoms. The van der Waals surface area contributed by atoms with Crippen LogP contribution in [-0.2, 0) is 28.7 Å². The number of carbonyl (C=O) groups excluding carboxylic acids is 4. The number of imide groups is 1. The molecular weight excluding hydrogens is 1020 g/mol. The molecule has 0 aromatic heterocycles. The van der Waals surface area contributed by atoms with Crippen LogP contribution in [0.4, 0.5) is 0 Å². The van der Waals surface area contributed by atoms with E-state index >= 15 is 4.79 Å². The summed E-state index contributed by atoms with van der Waals surface area (Å²) >= 11 is 0. The third kappa shape index (κ3) is 10.1. The highest BCUT2D eigenvalue weighted by Gasteiger charge is 2.69. The van der Waals surface area contributed by atoms with Gasteiger partial charge in [0.25, 0.3) is 11.8 Å². The Kier molecular flexibility index (Phi) is 16.1. The number of hydrogen-bond donors (Lipinski definition) is 6. The lowest BCUT2D eigenvalue weighted by molar-refractivity contribution is -0.138. The van der Waals surface area contributed by atoms with Crippen molar-refractivity contribution in [2.75, 3.05) is 38.7 Å². The van der Waals surface area contributed by atoms with Crippen LogP contribution in [0.2, 0.25) is 0 Å². The number of hydrogen-bond acceptors (Lipinski definition) is 14. The number of aliphatic hydroxyl groups excluding tert-OH is 3. The Bertz CT molecular complexity index is 2670. The van der Waals surface area contributed by atoms with Gasteiger partial charge in [-0.2, -0.15) is 0 Å². The average molecular weight is 1100 g/mol. The summed E-state index contributed by atoms with van der Waals surface area (Å²) in [4.78, 5) is 59.0. The zero-order valence-electron chi connectivity index (χ0n) is 45.6. The molecule has 1 spiro atoms. The van der Waals surface area contributed by atoms with E-state index < -0.39 is 23.4 Å². The van der Waals surface area contributed by atoms with E-state index in [-0.39, 0.29) is 102 Å². The third-order valence-corrected chi connectivity index (χ3v) is 23.9. The highest BCUT2D eigenvalue weighted by atomic mass is 33.1. The minimum atomic E-state index is -0.993. The molecule has 1 saturated heterocycles. The van der Waals surface area contributed by atoms with E-state index in [1.165, 1.54) is 23.5 Å². The first kappa shape index (κ1) is 54.5. The fourth-order valence-corrected chi connectivity index (χ4v) is 20.1. The smallest absolute Gasteiger partial charge is 0.340 e. The standard InChI is InChI=1S/C63H82N4O9S2/c1-2-62(23-6-7-24-62)31-50-47-16-15-45-44-21-25-63(57(45)56(47)60(73)75-50)51-18-17-46(43-14-13-37-27-39(35-69)28-38(34-68)9-8-12-41(43)29-37)59(65-32-49(70)40-10-4-3-5-11-40)78-77-36-66-52-30-42(22-26-64-52)48(55(44)58(63)61(74)76-51)33-67-53(71)19-20-54(67)72/h18-20,22,30-31,37-41,43-46,48-49,57,59,64-66,68-70H,2-7,10-17,21,23-29,32-36H2,1H3/b50-31-,51-18-/t37-,38-,39+,41+,43+,44-,45-,46-,48-,49-,57+,59+,63-/m0/s1. The summed E-state index contributed by atoms with van der Waals surface area (Å²) in [7, 11) is 3.55. The molecule has 0 aromatic rings. The van der Waals surface area contributed by atoms with Crippen molar-refractivity contribution in [3.05, 3.63) is 81.7 Å². The number of allylic oxidation sites excluding steroid dienone is 5. The highest BCUT2D eigenvalue weighted by molar-refractivity contribution is 8.76. The van der Waals surface area contributed by atoms with Crippen LogP contribution in [0.3, 0.4) is 0 Å². The number of amides is 2. The predicted octanol–water partition coefficient (Wildman–Crippen LogP) is 9.02. The van der Waals surface area contributed by atoms with E-state index in [1.807, 2.05) is 0 Å². The minimum Gasteiger partial charge on any atom is -0.427 e. The normalized spacial score (nSPS) is 38.3. The summed E-state index contributed by atoms with van der Waals surface area (Å²) in [6.07, 6.45) is 30.7. The number of nitrogens with one attached hydrogen (secondary N) is 3. The Balaban J connectivity index is 1.01. The number of cyclic esters (lactones) is 1. The summed E-state index contributed by atoms with van der Waals surface area (Å²) in [6, 6.07) is 0. The minimum absolute atomic E-state index is 0.00974. The molecular formula is C63H82N4O9S2. The lowest BCUT2D eigenvalue weighted by atomic mass is 9.43. The highest BCUT2D eigenvalue weighted by Crippen LogP contribution is 2.72. The van der Waals surface area contributed by atoms with Crippen molar-refractivity contribution in [1.29, 1.82) is 0 Å². The van der Waals surface area contributed by atoms with Gasteiger partial charge in [-0.05, 0) is 172 Å². The van der Waals surface area contributed by atoms with Crippen LogP contribution >= 0.6 is 21.6 Å². The Morgan fingerprint density at radius 2 is 1.71 bits per heavy atom. The molecule has 78 heavy (non-hydrogen) atoms. The Morgan fingerprint density at radius 1 is 0.885 bits per heavy atom. The number of aliphatic hydroxyl groups is 3. The van der Waals surface area contributed by atoms with Gasteiger partial charge in [0, 0.05) is 73.7 Å². The fraction of sp³-hybridized carbons (Fsp3) is 0.683. The number of fused-ring (bicyclic) bond motifs is 4. The Hall–Kier alpha value is -4.04. The van der Waals surface area contributed by atoms with Crippen molar-refractivity contribution in [2.24, 2.45) is 75.9 Å². The molecule has 6 N–H and O–H groups in total. The number of ether oxygens (including phenoxy) is 2. The van der Waals surface area contributed by atoms with E-state index in [9.17, 15) is 29.7 Å². The molecule has 5 fully saturated rings. The van der Waals surface area contributed by atoms with Gasteiger partial charge in [0.05, 0.1) is 40.8 Å². The van der Waals surface area contributed by atoms with Gasteiger partial charge in [0.1, 0.15) is 11.5 Å². The first-order valence-corrected chi connectivity index (χ1v) is 32.6. The van der Waals surface area contributed by atoms with Crippen LogP contribution in [0.5, 0.6) is 0 Å². The second kappa shape index (κ2) is 23.1. The van der Waals surface area contributed by atoms with Gasteiger partial charge >= 0.3 is 11.9 Å². The zero-order chi connectivity index (χ0) is 53.7. The maximum absolute atomic E-state index is 15.6. The topological polar surface area (TPSA) is 187 Å². The molecule has 13 nitrogen and oxygen atoms in total. The van der Waals surface area contributed by atoms with Crippen molar-refractivity contribution in [2.45, 2.75) is 153 Å². The maximum atomic E-state index is 15.6. The maximum Gasteiger partial charge on any atom is 0.340 e. The first-order chi connectivity index (χ1) is 38.0. The molecule has 0 unspecified atom stereocenters. The molecule has 0 aromatic carbocycles. The zero-order valence-corrected chi connectivity index (χ0v) is 47.2. The molecule has 2 amide bonds. The first-order valence-electron chi connectivity index (χ1n) is 30.2. The molecule has 13 atom stereocenters. The summed E-state index contributed by atoms with van der Waals surface area (Å²) in [5.41, 5.74) is 3.17. The van der Waals surface area contributed by atoms with Gasteiger partial charge in [-0.3, -0.25) is 14.5 Å². The number of carbonyl (C=O) groups is 4. The van der Waals surface area contributed by atoms with Crippen molar-refractivity contribution < 1.29 is 44.0 Å². The Labute approximate surface area is 469 Å². The van der Waals surface area contributed by atoms with Crippen molar-refractivity contribution >= 4 is 45.3 Å². The summed E-state index contributed by atoms with van der Waals surface area (Å²) in [6.45, 7) is 3.36. The van der Waals surface area contributed by atoms with Crippen LogP contribution in [0.25, 0.3) is 0 Å². The van der Waals surface area contributed by atoms with E-state index in [2.05, 4.69) is 59.0 Å². The van der Waals surface area contributed by atoms with Gasteiger partial charge in [-0.1, -0.05) is 79.0 Å². The van der Waals surface area contributed by atoms with Crippen molar-refractivity contribution in [3.63, 3.8) is 0 Å².